The van der Waals surface area contributed by atoms with Crippen molar-refractivity contribution in [2.75, 3.05) is 20.8 Å². The molecule has 9 nitrogen and oxygen atoms in total. The van der Waals surface area contributed by atoms with Crippen LogP contribution < -0.4 is 20.3 Å². The SMILES string of the molecule is COc1cccc(C(=O)NCCn2nc(-n3nc(C)cc3C)ccc2=O)c1OC. The van der Waals surface area contributed by atoms with Crippen LogP contribution in [0.25, 0.3) is 5.82 Å². The molecule has 1 N–H and O–H groups in total. The Labute approximate surface area is 167 Å². The predicted octanol–water partition coefficient (Wildman–Crippen LogP) is 1.49. The van der Waals surface area contributed by atoms with Crippen molar-refractivity contribution in [3.05, 3.63) is 63.7 Å². The van der Waals surface area contributed by atoms with Gasteiger partial charge in [0.2, 0.25) is 0 Å². The van der Waals surface area contributed by atoms with Crippen LogP contribution in [-0.2, 0) is 6.54 Å². The lowest BCUT2D eigenvalue weighted by atomic mass is 10.1. The van der Waals surface area contributed by atoms with Gasteiger partial charge in [-0.3, -0.25) is 9.59 Å². The lowest BCUT2D eigenvalue weighted by Crippen LogP contribution is -2.32. The Bertz CT molecular complexity index is 1090. The van der Waals surface area contributed by atoms with Crippen molar-refractivity contribution in [3.63, 3.8) is 0 Å². The van der Waals surface area contributed by atoms with E-state index in [1.165, 1.54) is 25.0 Å². The minimum Gasteiger partial charge on any atom is -0.493 e. The quantitative estimate of drug-likeness (QED) is 0.648. The number of benzene rings is 1. The minimum absolute atomic E-state index is 0.212. The first-order chi connectivity index (χ1) is 13.9. The Morgan fingerprint density at radius 3 is 2.55 bits per heavy atom. The second-order valence-corrected chi connectivity index (χ2v) is 6.39. The number of aromatic nitrogens is 4. The van der Waals surface area contributed by atoms with Crippen LogP contribution in [0.2, 0.25) is 0 Å². The molecule has 0 aliphatic rings. The van der Waals surface area contributed by atoms with Crippen LogP contribution in [0.5, 0.6) is 11.5 Å². The van der Waals surface area contributed by atoms with Crippen molar-refractivity contribution in [1.29, 1.82) is 0 Å². The van der Waals surface area contributed by atoms with Crippen LogP contribution in [0.1, 0.15) is 21.7 Å². The molecule has 1 aromatic carbocycles. The van der Waals surface area contributed by atoms with Crippen LogP contribution in [0.4, 0.5) is 0 Å². The summed E-state index contributed by atoms with van der Waals surface area (Å²) in [6, 6.07) is 10.1. The Morgan fingerprint density at radius 2 is 1.90 bits per heavy atom. The number of amides is 1. The third kappa shape index (κ3) is 4.29. The van der Waals surface area contributed by atoms with E-state index in [1.807, 2.05) is 19.9 Å². The smallest absolute Gasteiger partial charge is 0.266 e. The van der Waals surface area contributed by atoms with Crippen molar-refractivity contribution in [1.82, 2.24) is 24.9 Å². The average Bonchev–Trinajstić information content (AvgIpc) is 3.06. The number of carbonyl (C=O) groups is 1. The monoisotopic (exact) mass is 397 g/mol. The molecule has 0 bridgehead atoms. The van der Waals surface area contributed by atoms with Crippen molar-refractivity contribution >= 4 is 5.91 Å². The molecular weight excluding hydrogens is 374 g/mol. The number of hydrogen-bond donors (Lipinski definition) is 1. The van der Waals surface area contributed by atoms with Gasteiger partial charge in [0.05, 0.1) is 32.0 Å². The summed E-state index contributed by atoms with van der Waals surface area (Å²) >= 11 is 0. The Balaban J connectivity index is 1.73. The van der Waals surface area contributed by atoms with Gasteiger partial charge in [-0.25, -0.2) is 9.36 Å². The standard InChI is InChI=1S/C20H23N5O4/c1-13-12-14(2)25(22-13)17-8-9-18(26)24(23-17)11-10-21-20(27)15-6-5-7-16(28-3)19(15)29-4/h5-9,12H,10-11H2,1-4H3,(H,21,27). The van der Waals surface area contributed by atoms with Gasteiger partial charge in [0.1, 0.15) is 0 Å². The van der Waals surface area contributed by atoms with E-state index in [9.17, 15) is 9.59 Å². The Hall–Kier alpha value is -3.62. The van der Waals surface area contributed by atoms with Crippen molar-refractivity contribution in [2.45, 2.75) is 20.4 Å². The number of nitrogens with one attached hydrogen (secondary N) is 1. The summed E-state index contributed by atoms with van der Waals surface area (Å²) in [5.41, 5.74) is 1.87. The predicted molar refractivity (Wildman–Crippen MR) is 107 cm³/mol. The van der Waals surface area contributed by atoms with Gasteiger partial charge in [0, 0.05) is 18.3 Å². The molecule has 2 heterocycles. The number of methoxy groups -OCH3 is 2. The molecule has 0 saturated carbocycles. The summed E-state index contributed by atoms with van der Waals surface area (Å²) in [4.78, 5) is 24.7. The zero-order valence-electron chi connectivity index (χ0n) is 16.8. The van der Waals surface area contributed by atoms with Crippen molar-refractivity contribution in [2.24, 2.45) is 0 Å². The lowest BCUT2D eigenvalue weighted by molar-refractivity contribution is 0.0948. The highest BCUT2D eigenvalue weighted by Crippen LogP contribution is 2.30. The van der Waals surface area contributed by atoms with Gasteiger partial charge >= 0.3 is 0 Å². The second-order valence-electron chi connectivity index (χ2n) is 6.39. The Kier molecular flexibility index (Phi) is 5.96. The molecule has 0 fully saturated rings. The highest BCUT2D eigenvalue weighted by atomic mass is 16.5. The van der Waals surface area contributed by atoms with E-state index in [-0.39, 0.29) is 24.6 Å². The van der Waals surface area contributed by atoms with E-state index >= 15 is 0 Å². The van der Waals surface area contributed by atoms with E-state index in [0.29, 0.717) is 22.9 Å². The normalized spacial score (nSPS) is 10.6. The van der Waals surface area contributed by atoms with Crippen LogP contribution in [-0.4, -0.2) is 46.2 Å². The maximum atomic E-state index is 12.5. The molecule has 0 aliphatic heterocycles. The first-order valence-corrected chi connectivity index (χ1v) is 9.05. The largest absolute Gasteiger partial charge is 0.493 e. The van der Waals surface area contributed by atoms with Gasteiger partial charge in [-0.2, -0.15) is 5.10 Å². The number of aryl methyl sites for hydroxylation is 2. The summed E-state index contributed by atoms with van der Waals surface area (Å²) in [5, 5.41) is 11.5. The number of nitrogens with zero attached hydrogens (tertiary/aromatic N) is 4. The molecule has 152 valence electrons. The fourth-order valence-corrected chi connectivity index (χ4v) is 3.01. The van der Waals surface area contributed by atoms with E-state index in [0.717, 1.165) is 11.4 Å². The molecule has 1 amide bonds. The zero-order chi connectivity index (χ0) is 21.0. The van der Waals surface area contributed by atoms with E-state index in [2.05, 4.69) is 15.5 Å². The average molecular weight is 397 g/mol. The molecule has 29 heavy (non-hydrogen) atoms. The first-order valence-electron chi connectivity index (χ1n) is 9.05. The summed E-state index contributed by atoms with van der Waals surface area (Å²) in [6.45, 7) is 4.23. The van der Waals surface area contributed by atoms with Gasteiger partial charge in [0.15, 0.2) is 17.3 Å². The molecule has 0 saturated heterocycles. The number of para-hydroxylation sites is 1. The fourth-order valence-electron chi connectivity index (χ4n) is 3.01. The summed E-state index contributed by atoms with van der Waals surface area (Å²) < 4.78 is 13.5. The number of hydrogen-bond acceptors (Lipinski definition) is 6. The Morgan fingerprint density at radius 1 is 1.10 bits per heavy atom. The lowest BCUT2D eigenvalue weighted by Gasteiger charge is -2.13. The van der Waals surface area contributed by atoms with Gasteiger partial charge < -0.3 is 14.8 Å². The molecule has 3 aromatic rings. The molecule has 2 aromatic heterocycles. The molecule has 3 rings (SSSR count). The summed E-state index contributed by atoms with van der Waals surface area (Å²) in [6.07, 6.45) is 0. The van der Waals surface area contributed by atoms with Crippen molar-refractivity contribution in [3.8, 4) is 17.3 Å². The summed E-state index contributed by atoms with van der Waals surface area (Å²) in [5.74, 6) is 1.03. The third-order valence-electron chi connectivity index (χ3n) is 4.34. The van der Waals surface area contributed by atoms with Crippen LogP contribution in [0, 0.1) is 13.8 Å². The van der Waals surface area contributed by atoms with Crippen LogP contribution in [0.15, 0.2) is 41.2 Å². The van der Waals surface area contributed by atoms with Crippen molar-refractivity contribution < 1.29 is 14.3 Å². The minimum atomic E-state index is -0.330. The molecule has 0 atom stereocenters. The topological polar surface area (TPSA) is 100 Å². The van der Waals surface area contributed by atoms with Gasteiger partial charge in [-0.05, 0) is 38.1 Å². The van der Waals surface area contributed by atoms with Crippen LogP contribution in [0.3, 0.4) is 0 Å². The number of rotatable bonds is 7. The molecule has 0 radical (unpaired) electrons. The highest BCUT2D eigenvalue weighted by molar-refractivity contribution is 5.97. The number of ether oxygens (including phenoxy) is 2. The van der Waals surface area contributed by atoms with Gasteiger partial charge in [-0.1, -0.05) is 6.07 Å². The number of carbonyl (C=O) groups excluding carboxylic acids is 1. The van der Waals surface area contributed by atoms with Gasteiger partial charge in [-0.15, -0.1) is 5.10 Å². The fraction of sp³-hybridized carbons (Fsp3) is 0.300. The molecule has 9 heteroatoms. The summed E-state index contributed by atoms with van der Waals surface area (Å²) in [7, 11) is 2.98. The maximum Gasteiger partial charge on any atom is 0.266 e. The van der Waals surface area contributed by atoms with E-state index in [1.54, 1.807) is 28.9 Å². The third-order valence-corrected chi connectivity index (χ3v) is 4.34. The molecule has 0 aliphatic carbocycles. The van der Waals surface area contributed by atoms with Crippen LogP contribution >= 0.6 is 0 Å². The molecule has 0 unspecified atom stereocenters. The molecule has 0 spiro atoms. The maximum absolute atomic E-state index is 12.5. The van der Waals surface area contributed by atoms with Gasteiger partial charge in [0.25, 0.3) is 11.5 Å². The van der Waals surface area contributed by atoms with E-state index < -0.39 is 0 Å². The van der Waals surface area contributed by atoms with E-state index in [4.69, 9.17) is 9.47 Å². The first kappa shape index (κ1) is 20.1. The second kappa shape index (κ2) is 8.59. The highest BCUT2D eigenvalue weighted by Gasteiger charge is 2.16. The zero-order valence-corrected chi connectivity index (χ0v) is 16.8. The molecular formula is C20H23N5O4.